The molecule has 0 saturated carbocycles. The van der Waals surface area contributed by atoms with Crippen LogP contribution in [0, 0.1) is 26.2 Å². The molecule has 1 aromatic heterocycles. The lowest BCUT2D eigenvalue weighted by Crippen LogP contribution is -2.01. The van der Waals surface area contributed by atoms with Crippen molar-refractivity contribution in [1.82, 2.24) is 9.78 Å². The highest BCUT2D eigenvalue weighted by atomic mass is 79.9. The van der Waals surface area contributed by atoms with Gasteiger partial charge in [0.15, 0.2) is 0 Å². The molecule has 0 saturated heterocycles. The highest BCUT2D eigenvalue weighted by molar-refractivity contribution is 9.10. The summed E-state index contributed by atoms with van der Waals surface area (Å²) in [7, 11) is 0. The molecule has 1 rings (SSSR count). The van der Waals surface area contributed by atoms with E-state index in [1.165, 1.54) is 0 Å². The number of nitrogens with zero attached hydrogens (tertiary/aromatic N) is 2. The summed E-state index contributed by atoms with van der Waals surface area (Å²) >= 11 is 3.46. The molecule has 0 N–H and O–H groups in total. The van der Waals surface area contributed by atoms with Gasteiger partial charge in [-0.3, -0.25) is 4.68 Å². The summed E-state index contributed by atoms with van der Waals surface area (Å²) < 4.78 is 3.01. The Kier molecular flexibility index (Phi) is 2.93. The van der Waals surface area contributed by atoms with Crippen LogP contribution in [0.25, 0.3) is 0 Å². The van der Waals surface area contributed by atoms with E-state index in [4.69, 9.17) is 6.42 Å². The molecule has 0 bridgehead atoms. The lowest BCUT2D eigenvalue weighted by molar-refractivity contribution is 0.607. The van der Waals surface area contributed by atoms with E-state index < -0.39 is 0 Å². The maximum Gasteiger partial charge on any atom is 0.0738 e. The van der Waals surface area contributed by atoms with E-state index in [2.05, 4.69) is 26.9 Å². The Morgan fingerprint density at radius 3 is 2.67 bits per heavy atom. The second kappa shape index (κ2) is 3.77. The molecule has 0 aromatic carbocycles. The molecule has 0 fully saturated rings. The highest BCUT2D eigenvalue weighted by Gasteiger charge is 2.06. The van der Waals surface area contributed by atoms with Crippen molar-refractivity contribution in [3.63, 3.8) is 0 Å². The summed E-state index contributed by atoms with van der Waals surface area (Å²) in [4.78, 5) is 0. The summed E-state index contributed by atoms with van der Waals surface area (Å²) in [6.45, 7) is 4.80. The Morgan fingerprint density at radius 1 is 1.58 bits per heavy atom. The third kappa shape index (κ3) is 1.70. The number of aryl methyl sites for hydroxylation is 2. The van der Waals surface area contributed by atoms with Crippen LogP contribution < -0.4 is 0 Å². The van der Waals surface area contributed by atoms with Gasteiger partial charge in [-0.1, -0.05) is 0 Å². The maximum atomic E-state index is 5.17. The first-order valence-electron chi connectivity index (χ1n) is 3.79. The van der Waals surface area contributed by atoms with E-state index in [0.717, 1.165) is 28.8 Å². The van der Waals surface area contributed by atoms with E-state index in [0.29, 0.717) is 0 Å². The predicted octanol–water partition coefficient (Wildman–Crippen LogP) is 2.29. The van der Waals surface area contributed by atoms with Crippen molar-refractivity contribution >= 4 is 15.9 Å². The number of rotatable bonds is 2. The van der Waals surface area contributed by atoms with Gasteiger partial charge in [-0.2, -0.15) is 5.10 Å². The summed E-state index contributed by atoms with van der Waals surface area (Å²) in [6.07, 6.45) is 5.90. The second-order valence-electron chi connectivity index (χ2n) is 2.66. The van der Waals surface area contributed by atoms with Gasteiger partial charge in [-0.25, -0.2) is 0 Å². The van der Waals surface area contributed by atoms with Crippen molar-refractivity contribution in [2.24, 2.45) is 0 Å². The lowest BCUT2D eigenvalue weighted by Gasteiger charge is -1.99. The van der Waals surface area contributed by atoms with Crippen LogP contribution in [0.2, 0.25) is 0 Å². The van der Waals surface area contributed by atoms with Crippen LogP contribution in [0.4, 0.5) is 0 Å². The molecule has 0 aliphatic heterocycles. The van der Waals surface area contributed by atoms with E-state index in [1.807, 2.05) is 18.5 Å². The number of terminal acetylenes is 1. The monoisotopic (exact) mass is 226 g/mol. The molecule has 1 heterocycles. The van der Waals surface area contributed by atoms with Crippen LogP contribution in [0.3, 0.4) is 0 Å². The molecule has 3 heteroatoms. The first kappa shape index (κ1) is 9.34. The van der Waals surface area contributed by atoms with Crippen LogP contribution in [0.5, 0.6) is 0 Å². The number of hydrogen-bond donors (Lipinski definition) is 0. The van der Waals surface area contributed by atoms with E-state index in [9.17, 15) is 0 Å². The van der Waals surface area contributed by atoms with Crippen molar-refractivity contribution in [2.45, 2.75) is 26.8 Å². The summed E-state index contributed by atoms with van der Waals surface area (Å²) in [5, 5.41) is 4.32. The molecule has 0 spiro atoms. The van der Waals surface area contributed by atoms with Gasteiger partial charge >= 0.3 is 0 Å². The third-order valence-corrected chi connectivity index (χ3v) is 2.91. The third-order valence-electron chi connectivity index (χ3n) is 1.76. The highest BCUT2D eigenvalue weighted by Crippen LogP contribution is 2.19. The summed E-state index contributed by atoms with van der Waals surface area (Å²) in [5.74, 6) is 2.60. The minimum atomic E-state index is 0.731. The minimum absolute atomic E-state index is 0.731. The van der Waals surface area contributed by atoms with Crippen molar-refractivity contribution in [3.05, 3.63) is 15.9 Å². The molecular weight excluding hydrogens is 216 g/mol. The predicted molar refractivity (Wildman–Crippen MR) is 52.9 cm³/mol. The normalized spacial score (nSPS) is 9.83. The summed E-state index contributed by atoms with van der Waals surface area (Å²) in [6, 6.07) is 0. The molecule has 0 amide bonds. The summed E-state index contributed by atoms with van der Waals surface area (Å²) in [5.41, 5.74) is 2.16. The zero-order chi connectivity index (χ0) is 9.14. The lowest BCUT2D eigenvalue weighted by atomic mass is 10.4. The molecule has 0 radical (unpaired) electrons. The molecule has 12 heavy (non-hydrogen) atoms. The van der Waals surface area contributed by atoms with Gasteiger partial charge in [0.1, 0.15) is 0 Å². The molecule has 64 valence electrons. The first-order chi connectivity index (χ1) is 5.66. The fraction of sp³-hybridized carbons (Fsp3) is 0.444. The van der Waals surface area contributed by atoms with Gasteiger partial charge in [0.05, 0.1) is 16.7 Å². The fourth-order valence-corrected chi connectivity index (χ4v) is 1.35. The Morgan fingerprint density at radius 2 is 2.25 bits per heavy atom. The molecule has 0 unspecified atom stereocenters. The van der Waals surface area contributed by atoms with Gasteiger partial charge in [0, 0.05) is 12.1 Å². The largest absolute Gasteiger partial charge is 0.267 e. The molecule has 0 aliphatic carbocycles. The Balaban J connectivity index is 2.87. The SMILES string of the molecule is C#CCCn1nc(C)c(Br)c1C. The van der Waals surface area contributed by atoms with Gasteiger partial charge in [-0.15, -0.1) is 12.3 Å². The molecule has 1 aromatic rings. The van der Waals surface area contributed by atoms with Crippen molar-refractivity contribution in [1.29, 1.82) is 0 Å². The topological polar surface area (TPSA) is 17.8 Å². The van der Waals surface area contributed by atoms with Crippen LogP contribution in [-0.2, 0) is 6.54 Å². The molecular formula is C9H11BrN2. The number of halogens is 1. The quantitative estimate of drug-likeness (QED) is 0.708. The van der Waals surface area contributed by atoms with Crippen molar-refractivity contribution in [2.75, 3.05) is 0 Å². The van der Waals surface area contributed by atoms with Crippen LogP contribution >= 0.6 is 15.9 Å². The van der Waals surface area contributed by atoms with Crippen LogP contribution in [-0.4, -0.2) is 9.78 Å². The van der Waals surface area contributed by atoms with Crippen molar-refractivity contribution in [3.8, 4) is 12.3 Å². The molecule has 2 nitrogen and oxygen atoms in total. The number of hydrogen-bond acceptors (Lipinski definition) is 1. The van der Waals surface area contributed by atoms with Crippen molar-refractivity contribution < 1.29 is 0 Å². The first-order valence-corrected chi connectivity index (χ1v) is 4.59. The minimum Gasteiger partial charge on any atom is -0.267 e. The second-order valence-corrected chi connectivity index (χ2v) is 3.46. The average Bonchev–Trinajstić information content (AvgIpc) is 2.30. The standard InChI is InChI=1S/C9H11BrN2/c1-4-5-6-12-8(3)9(10)7(2)11-12/h1H,5-6H2,2-3H3. The van der Waals surface area contributed by atoms with E-state index >= 15 is 0 Å². The zero-order valence-corrected chi connectivity index (χ0v) is 8.85. The van der Waals surface area contributed by atoms with Crippen LogP contribution in [0.15, 0.2) is 4.47 Å². The average molecular weight is 227 g/mol. The zero-order valence-electron chi connectivity index (χ0n) is 7.26. The van der Waals surface area contributed by atoms with E-state index in [1.54, 1.807) is 0 Å². The maximum absolute atomic E-state index is 5.17. The molecule has 0 aliphatic rings. The fourth-order valence-electron chi connectivity index (χ4n) is 1.06. The van der Waals surface area contributed by atoms with Gasteiger partial charge in [0.25, 0.3) is 0 Å². The number of aromatic nitrogens is 2. The molecule has 0 atom stereocenters. The van der Waals surface area contributed by atoms with E-state index in [-0.39, 0.29) is 0 Å². The smallest absolute Gasteiger partial charge is 0.0738 e. The Labute approximate surface area is 81.1 Å². The van der Waals surface area contributed by atoms with Gasteiger partial charge in [0.2, 0.25) is 0 Å². The Bertz CT molecular complexity index is 320. The van der Waals surface area contributed by atoms with Gasteiger partial charge < -0.3 is 0 Å². The van der Waals surface area contributed by atoms with Crippen LogP contribution in [0.1, 0.15) is 17.8 Å². The Hall–Kier alpha value is -0.750. The van der Waals surface area contributed by atoms with Gasteiger partial charge in [-0.05, 0) is 29.8 Å².